The largest absolute Gasteiger partial charge is 0.366 e. The van der Waals surface area contributed by atoms with Crippen LogP contribution < -0.4 is 5.32 Å². The Bertz CT molecular complexity index is 454. The van der Waals surface area contributed by atoms with Crippen LogP contribution >= 0.6 is 0 Å². The minimum atomic E-state index is -1.07. The highest BCUT2D eigenvalue weighted by atomic mass is 19.1. The second-order valence-electron chi connectivity index (χ2n) is 3.18. The van der Waals surface area contributed by atoms with Gasteiger partial charge in [0.05, 0.1) is 0 Å². The second-order valence-corrected chi connectivity index (χ2v) is 3.18. The molecule has 0 unspecified atom stereocenters. The highest BCUT2D eigenvalue weighted by Gasteiger charge is 2.02. The third-order valence-corrected chi connectivity index (χ3v) is 1.98. The van der Waals surface area contributed by atoms with E-state index in [1.54, 1.807) is 0 Å². The molecule has 0 aliphatic rings. The molecule has 3 nitrogen and oxygen atoms in total. The van der Waals surface area contributed by atoms with Gasteiger partial charge in [-0.05, 0) is 5.56 Å². The second kappa shape index (κ2) is 4.65. The maximum Gasteiger partial charge on any atom is 0.313 e. The van der Waals surface area contributed by atoms with Gasteiger partial charge in [-0.2, -0.15) is 18.7 Å². The van der Waals surface area contributed by atoms with E-state index in [4.69, 9.17) is 0 Å². The molecule has 1 heterocycles. The fourth-order valence-electron chi connectivity index (χ4n) is 1.27. The minimum absolute atomic E-state index is 0.133. The normalized spacial score (nSPS) is 10.1. The zero-order chi connectivity index (χ0) is 11.4. The average Bonchev–Trinajstić information content (AvgIpc) is 2.27. The Morgan fingerprint density at radius 3 is 2.50 bits per heavy atom. The van der Waals surface area contributed by atoms with E-state index in [0.29, 0.717) is 6.54 Å². The molecule has 82 valence electrons. The van der Waals surface area contributed by atoms with E-state index in [2.05, 4.69) is 15.3 Å². The smallest absolute Gasteiger partial charge is 0.313 e. The van der Waals surface area contributed by atoms with Crippen LogP contribution in [0, 0.1) is 12.0 Å². The molecule has 2 rings (SSSR count). The first-order chi connectivity index (χ1) is 7.74. The monoisotopic (exact) mass is 221 g/mol. The Labute approximate surface area is 91.2 Å². The fraction of sp³-hybridized carbons (Fsp3) is 0.0909. The topological polar surface area (TPSA) is 37.8 Å². The van der Waals surface area contributed by atoms with Crippen LogP contribution in [0.15, 0.2) is 36.4 Å². The van der Waals surface area contributed by atoms with Crippen molar-refractivity contribution in [3.8, 4) is 0 Å². The number of anilines is 1. The van der Waals surface area contributed by atoms with Crippen LogP contribution in [-0.2, 0) is 6.54 Å². The Kier molecular flexibility index (Phi) is 3.05. The summed E-state index contributed by atoms with van der Waals surface area (Å²) in [6, 6.07) is 10.5. The van der Waals surface area contributed by atoms with Crippen LogP contribution in [0.25, 0.3) is 0 Å². The number of halogens is 2. The summed E-state index contributed by atoms with van der Waals surface area (Å²) < 4.78 is 25.4. The first-order valence-electron chi connectivity index (χ1n) is 4.72. The van der Waals surface area contributed by atoms with Crippen LogP contribution in [0.3, 0.4) is 0 Å². The zero-order valence-corrected chi connectivity index (χ0v) is 8.32. The summed E-state index contributed by atoms with van der Waals surface area (Å²) in [5, 5.41) is 2.81. The molecule has 0 aliphatic carbocycles. The van der Waals surface area contributed by atoms with Gasteiger partial charge in [0.25, 0.3) is 0 Å². The number of aromatic nitrogens is 2. The zero-order valence-electron chi connectivity index (χ0n) is 8.32. The third-order valence-electron chi connectivity index (χ3n) is 1.98. The Morgan fingerprint density at radius 2 is 1.81 bits per heavy atom. The highest BCUT2D eigenvalue weighted by Crippen LogP contribution is 2.07. The van der Waals surface area contributed by atoms with Crippen molar-refractivity contribution >= 4 is 5.82 Å². The molecule has 0 aliphatic heterocycles. The van der Waals surface area contributed by atoms with Crippen LogP contribution in [0.4, 0.5) is 14.6 Å². The minimum Gasteiger partial charge on any atom is -0.366 e. The lowest BCUT2D eigenvalue weighted by molar-refractivity contribution is 0.484. The van der Waals surface area contributed by atoms with Crippen molar-refractivity contribution < 1.29 is 8.78 Å². The number of nitrogens with one attached hydrogen (secondary N) is 1. The molecule has 0 spiro atoms. The number of benzene rings is 1. The molecular weight excluding hydrogens is 212 g/mol. The molecule has 1 N–H and O–H groups in total. The molecule has 2 aromatic rings. The summed E-state index contributed by atoms with van der Waals surface area (Å²) in [6.07, 6.45) is -1.07. The molecule has 5 heteroatoms. The van der Waals surface area contributed by atoms with Crippen molar-refractivity contribution in [1.29, 1.82) is 0 Å². The summed E-state index contributed by atoms with van der Waals surface area (Å²) in [5.74, 6) is -0.753. The quantitative estimate of drug-likeness (QED) is 0.638. The van der Waals surface area contributed by atoms with E-state index in [0.717, 1.165) is 11.6 Å². The van der Waals surface area contributed by atoms with Gasteiger partial charge in [-0.15, -0.1) is 0 Å². The van der Waals surface area contributed by atoms with E-state index in [1.165, 1.54) is 0 Å². The maximum absolute atomic E-state index is 12.7. The van der Waals surface area contributed by atoms with Crippen molar-refractivity contribution in [3.05, 3.63) is 54.0 Å². The predicted molar refractivity (Wildman–Crippen MR) is 55.7 cm³/mol. The Hall–Kier alpha value is -2.04. The number of hydrogen-bond acceptors (Lipinski definition) is 3. The molecule has 0 radical (unpaired) electrons. The van der Waals surface area contributed by atoms with Crippen molar-refractivity contribution in [2.24, 2.45) is 0 Å². The average molecular weight is 221 g/mol. The van der Waals surface area contributed by atoms with E-state index in [9.17, 15) is 8.78 Å². The standard InChI is InChI=1S/C11H9F2N3/c12-9-6-10(16-11(13)15-9)14-7-8-4-2-1-3-5-8/h1-6H,7H2,(H,14,15,16). The number of hydrogen-bond donors (Lipinski definition) is 1. The first-order valence-corrected chi connectivity index (χ1v) is 4.72. The van der Waals surface area contributed by atoms with Crippen molar-refractivity contribution in [3.63, 3.8) is 0 Å². The van der Waals surface area contributed by atoms with E-state index in [-0.39, 0.29) is 5.82 Å². The molecule has 0 amide bonds. The van der Waals surface area contributed by atoms with Gasteiger partial charge < -0.3 is 5.32 Å². The van der Waals surface area contributed by atoms with Gasteiger partial charge in [0, 0.05) is 12.6 Å². The molecule has 0 saturated heterocycles. The summed E-state index contributed by atoms with van der Waals surface area (Å²) in [4.78, 5) is 6.33. The van der Waals surface area contributed by atoms with Crippen molar-refractivity contribution in [2.75, 3.05) is 5.32 Å². The van der Waals surface area contributed by atoms with Gasteiger partial charge in [-0.25, -0.2) is 0 Å². The molecule has 0 fully saturated rings. The lowest BCUT2D eigenvalue weighted by Crippen LogP contribution is -2.04. The van der Waals surface area contributed by atoms with Crippen LogP contribution in [0.2, 0.25) is 0 Å². The summed E-state index contributed by atoms with van der Waals surface area (Å²) in [7, 11) is 0. The lowest BCUT2D eigenvalue weighted by Gasteiger charge is -2.05. The lowest BCUT2D eigenvalue weighted by atomic mass is 10.2. The molecule has 1 aromatic heterocycles. The van der Waals surface area contributed by atoms with Crippen molar-refractivity contribution in [1.82, 2.24) is 9.97 Å². The molecule has 1 aromatic carbocycles. The fourth-order valence-corrected chi connectivity index (χ4v) is 1.27. The summed E-state index contributed by atoms with van der Waals surface area (Å²) in [6.45, 7) is 0.455. The van der Waals surface area contributed by atoms with Gasteiger partial charge in [0.1, 0.15) is 5.82 Å². The number of nitrogens with zero attached hydrogens (tertiary/aromatic N) is 2. The Morgan fingerprint density at radius 1 is 1.06 bits per heavy atom. The molecule has 16 heavy (non-hydrogen) atoms. The van der Waals surface area contributed by atoms with Crippen LogP contribution in [0.5, 0.6) is 0 Å². The van der Waals surface area contributed by atoms with Gasteiger partial charge >= 0.3 is 6.08 Å². The van der Waals surface area contributed by atoms with Crippen LogP contribution in [0.1, 0.15) is 5.56 Å². The predicted octanol–water partition coefficient (Wildman–Crippen LogP) is 2.37. The summed E-state index contributed by atoms with van der Waals surface area (Å²) in [5.41, 5.74) is 1.00. The van der Waals surface area contributed by atoms with E-state index in [1.807, 2.05) is 30.3 Å². The first kappa shape index (κ1) is 10.5. The van der Waals surface area contributed by atoms with Gasteiger partial charge in [0.2, 0.25) is 5.95 Å². The highest BCUT2D eigenvalue weighted by molar-refractivity contribution is 5.33. The van der Waals surface area contributed by atoms with Gasteiger partial charge in [-0.1, -0.05) is 30.3 Å². The number of rotatable bonds is 3. The molecule has 0 atom stereocenters. The van der Waals surface area contributed by atoms with Gasteiger partial charge in [-0.3, -0.25) is 0 Å². The maximum atomic E-state index is 12.7. The molecule has 0 saturated carbocycles. The molecule has 0 bridgehead atoms. The van der Waals surface area contributed by atoms with Crippen molar-refractivity contribution in [2.45, 2.75) is 6.54 Å². The third kappa shape index (κ3) is 2.73. The molecular formula is C11H9F2N3. The van der Waals surface area contributed by atoms with E-state index < -0.39 is 12.0 Å². The Balaban J connectivity index is 2.05. The SMILES string of the molecule is Fc1cc(NCc2ccccc2)nc(F)n1. The summed E-state index contributed by atoms with van der Waals surface area (Å²) >= 11 is 0. The van der Waals surface area contributed by atoms with E-state index >= 15 is 0 Å². The van der Waals surface area contributed by atoms with Gasteiger partial charge in [0.15, 0.2) is 0 Å². The van der Waals surface area contributed by atoms with Crippen LogP contribution in [-0.4, -0.2) is 9.97 Å².